The second-order valence-electron chi connectivity index (χ2n) is 7.02. The molecule has 0 saturated heterocycles. The van der Waals surface area contributed by atoms with Crippen LogP contribution < -0.4 is 0 Å². The molecule has 0 rings (SSSR count). The Morgan fingerprint density at radius 1 is 1.00 bits per heavy atom. The molecule has 110 valence electrons. The maximum atomic E-state index is 2.45. The van der Waals surface area contributed by atoms with Gasteiger partial charge < -0.3 is 4.48 Å². The van der Waals surface area contributed by atoms with Crippen LogP contribution in [-0.2, 0) is 0 Å². The van der Waals surface area contributed by atoms with Crippen molar-refractivity contribution in [2.75, 3.05) is 13.6 Å². The third-order valence-electron chi connectivity index (χ3n) is 5.98. The zero-order valence-corrected chi connectivity index (χ0v) is 14.3. The Morgan fingerprint density at radius 2 is 1.50 bits per heavy atom. The first-order valence-corrected chi connectivity index (χ1v) is 8.10. The van der Waals surface area contributed by atoms with Crippen LogP contribution in [0.2, 0.25) is 0 Å². The van der Waals surface area contributed by atoms with Gasteiger partial charge in [-0.3, -0.25) is 0 Å². The SMILES string of the molecule is CCC(C)(CC)CCCC(C)[N+](C)(CC)C(C)C. The van der Waals surface area contributed by atoms with Gasteiger partial charge in [0.25, 0.3) is 0 Å². The van der Waals surface area contributed by atoms with Crippen LogP contribution in [0.5, 0.6) is 0 Å². The Morgan fingerprint density at radius 3 is 1.83 bits per heavy atom. The molecule has 0 aliphatic rings. The van der Waals surface area contributed by atoms with Crippen molar-refractivity contribution in [3.63, 3.8) is 0 Å². The van der Waals surface area contributed by atoms with E-state index in [1.54, 1.807) is 0 Å². The highest BCUT2D eigenvalue weighted by Gasteiger charge is 2.30. The van der Waals surface area contributed by atoms with Gasteiger partial charge in [-0.15, -0.1) is 0 Å². The molecule has 18 heavy (non-hydrogen) atoms. The summed E-state index contributed by atoms with van der Waals surface area (Å²) in [5.74, 6) is 0. The third-order valence-corrected chi connectivity index (χ3v) is 5.98. The van der Waals surface area contributed by atoms with Gasteiger partial charge in [-0.2, -0.15) is 0 Å². The smallest absolute Gasteiger partial charge is 0.0861 e. The molecule has 0 bridgehead atoms. The minimum absolute atomic E-state index is 0.577. The summed E-state index contributed by atoms with van der Waals surface area (Å²) in [5.41, 5.74) is 0.577. The monoisotopic (exact) mass is 256 g/mol. The van der Waals surface area contributed by atoms with E-state index in [-0.39, 0.29) is 0 Å². The van der Waals surface area contributed by atoms with E-state index in [9.17, 15) is 0 Å². The van der Waals surface area contributed by atoms with Gasteiger partial charge in [0.15, 0.2) is 0 Å². The van der Waals surface area contributed by atoms with Gasteiger partial charge in [-0.1, -0.05) is 33.6 Å². The van der Waals surface area contributed by atoms with Crippen LogP contribution >= 0.6 is 0 Å². The average molecular weight is 256 g/mol. The summed E-state index contributed by atoms with van der Waals surface area (Å²) in [5, 5.41) is 0. The quantitative estimate of drug-likeness (QED) is 0.494. The van der Waals surface area contributed by atoms with E-state index < -0.39 is 0 Å². The molecule has 2 unspecified atom stereocenters. The highest BCUT2D eigenvalue weighted by atomic mass is 15.4. The van der Waals surface area contributed by atoms with Crippen LogP contribution in [0.4, 0.5) is 0 Å². The number of hydrogen-bond donors (Lipinski definition) is 0. The molecular weight excluding hydrogens is 218 g/mol. The molecule has 0 N–H and O–H groups in total. The van der Waals surface area contributed by atoms with Crippen molar-refractivity contribution in [3.8, 4) is 0 Å². The van der Waals surface area contributed by atoms with Gasteiger partial charge in [0, 0.05) is 0 Å². The Kier molecular flexibility index (Phi) is 7.51. The number of rotatable bonds is 9. The second kappa shape index (κ2) is 7.53. The van der Waals surface area contributed by atoms with Crippen LogP contribution in [0.25, 0.3) is 0 Å². The van der Waals surface area contributed by atoms with Crippen LogP contribution in [0.1, 0.15) is 80.6 Å². The Balaban J connectivity index is 4.30. The number of nitrogens with zero attached hydrogens (tertiary/aromatic N) is 1. The topological polar surface area (TPSA) is 0 Å². The average Bonchev–Trinajstić information content (AvgIpc) is 2.36. The summed E-state index contributed by atoms with van der Waals surface area (Å²) in [6, 6.07) is 1.52. The van der Waals surface area contributed by atoms with Gasteiger partial charge >= 0.3 is 0 Å². The highest BCUT2D eigenvalue weighted by molar-refractivity contribution is 4.71. The zero-order valence-electron chi connectivity index (χ0n) is 14.3. The number of hydrogen-bond acceptors (Lipinski definition) is 0. The molecule has 0 saturated carbocycles. The lowest BCUT2D eigenvalue weighted by Gasteiger charge is -2.43. The summed E-state index contributed by atoms with van der Waals surface area (Å²) < 4.78 is 1.22. The van der Waals surface area contributed by atoms with Gasteiger partial charge in [0.1, 0.15) is 0 Å². The van der Waals surface area contributed by atoms with Gasteiger partial charge in [-0.25, -0.2) is 0 Å². The van der Waals surface area contributed by atoms with Gasteiger partial charge in [0.05, 0.1) is 25.7 Å². The first kappa shape index (κ1) is 18.0. The zero-order chi connectivity index (χ0) is 14.4. The molecular formula is C17H38N+. The molecule has 0 aromatic rings. The minimum Gasteiger partial charge on any atom is -0.322 e. The van der Waals surface area contributed by atoms with Crippen molar-refractivity contribution >= 4 is 0 Å². The molecule has 0 fully saturated rings. The van der Waals surface area contributed by atoms with Crippen LogP contribution in [0.15, 0.2) is 0 Å². The molecule has 0 aliphatic heterocycles. The molecule has 1 nitrogen and oxygen atoms in total. The Labute approximate surface area is 117 Å². The van der Waals surface area contributed by atoms with Crippen LogP contribution in [0, 0.1) is 5.41 Å². The fourth-order valence-corrected chi connectivity index (χ4v) is 2.91. The van der Waals surface area contributed by atoms with E-state index in [1.165, 1.54) is 43.1 Å². The molecule has 0 heterocycles. The minimum atomic E-state index is 0.577. The summed E-state index contributed by atoms with van der Waals surface area (Å²) in [4.78, 5) is 0. The Hall–Kier alpha value is -0.0400. The van der Waals surface area contributed by atoms with Crippen molar-refractivity contribution in [2.45, 2.75) is 92.7 Å². The predicted octanol–water partition coefficient (Wildman–Crippen LogP) is 5.25. The lowest BCUT2D eigenvalue weighted by Crippen LogP contribution is -2.55. The standard InChI is InChI=1S/C17H38N/c1-9-17(7,10-2)14-12-13-16(6)18(8,11-3)15(4)5/h15-16H,9-14H2,1-8H3/q+1. The van der Waals surface area contributed by atoms with E-state index in [4.69, 9.17) is 0 Å². The maximum Gasteiger partial charge on any atom is 0.0861 e. The van der Waals surface area contributed by atoms with E-state index in [0.29, 0.717) is 5.41 Å². The molecule has 0 aromatic heterocycles. The lowest BCUT2D eigenvalue weighted by molar-refractivity contribution is -0.949. The number of quaternary nitrogens is 1. The van der Waals surface area contributed by atoms with E-state index in [0.717, 1.165) is 12.1 Å². The second-order valence-corrected chi connectivity index (χ2v) is 7.02. The first-order chi connectivity index (χ1) is 8.25. The van der Waals surface area contributed by atoms with Crippen LogP contribution in [-0.4, -0.2) is 30.2 Å². The molecule has 0 spiro atoms. The predicted molar refractivity (Wildman–Crippen MR) is 83.9 cm³/mol. The summed E-state index contributed by atoms with van der Waals surface area (Å²) in [7, 11) is 2.42. The molecule has 0 aromatic carbocycles. The van der Waals surface area contributed by atoms with Crippen molar-refractivity contribution in [3.05, 3.63) is 0 Å². The first-order valence-electron chi connectivity index (χ1n) is 8.10. The van der Waals surface area contributed by atoms with E-state index >= 15 is 0 Å². The van der Waals surface area contributed by atoms with Crippen LogP contribution in [0.3, 0.4) is 0 Å². The fraction of sp³-hybridized carbons (Fsp3) is 1.00. The maximum absolute atomic E-state index is 2.45. The molecule has 0 radical (unpaired) electrons. The third kappa shape index (κ3) is 4.57. The van der Waals surface area contributed by atoms with Crippen molar-refractivity contribution < 1.29 is 4.48 Å². The van der Waals surface area contributed by atoms with Gasteiger partial charge in [0.2, 0.25) is 0 Å². The molecule has 0 amide bonds. The fourth-order valence-electron chi connectivity index (χ4n) is 2.91. The summed E-state index contributed by atoms with van der Waals surface area (Å²) in [6.07, 6.45) is 6.80. The van der Waals surface area contributed by atoms with Gasteiger partial charge in [-0.05, 0) is 52.4 Å². The largest absolute Gasteiger partial charge is 0.322 e. The van der Waals surface area contributed by atoms with Crippen molar-refractivity contribution in [1.29, 1.82) is 0 Å². The van der Waals surface area contributed by atoms with Crippen molar-refractivity contribution in [2.24, 2.45) is 5.41 Å². The summed E-state index contributed by atoms with van der Waals surface area (Å²) >= 11 is 0. The lowest BCUT2D eigenvalue weighted by atomic mass is 9.79. The Bertz CT molecular complexity index is 218. The van der Waals surface area contributed by atoms with E-state index in [1.807, 2.05) is 0 Å². The highest BCUT2D eigenvalue weighted by Crippen LogP contribution is 2.32. The summed E-state index contributed by atoms with van der Waals surface area (Å²) in [6.45, 7) is 17.9. The molecule has 0 aliphatic carbocycles. The molecule has 1 heteroatoms. The molecule has 2 atom stereocenters. The normalized spacial score (nSPS) is 17.8. The van der Waals surface area contributed by atoms with Crippen molar-refractivity contribution in [1.82, 2.24) is 0 Å². The van der Waals surface area contributed by atoms with E-state index in [2.05, 4.69) is 55.5 Å².